The Hall–Kier alpha value is -0.920. The van der Waals surface area contributed by atoms with E-state index < -0.39 is 15.6 Å². The average molecular weight is 260 g/mol. The molecule has 0 saturated carbocycles. The topological polar surface area (TPSA) is 86.9 Å². The first-order chi connectivity index (χ1) is 7.70. The van der Waals surface area contributed by atoms with Crippen LogP contribution in [0.1, 0.15) is 32.5 Å². The standard InChI is InChI=1S/C10H20N4O2S/c1-8(9-5-6-12-13-9)11-7-10(2,3)14-17(4,15)16/h5-6,8,11,14H,7H2,1-4H3,(H,12,13). The Balaban J connectivity index is 2.50. The van der Waals surface area contributed by atoms with Gasteiger partial charge in [0.2, 0.25) is 10.0 Å². The summed E-state index contributed by atoms with van der Waals surface area (Å²) in [4.78, 5) is 0. The van der Waals surface area contributed by atoms with Gasteiger partial charge in [-0.1, -0.05) is 0 Å². The van der Waals surface area contributed by atoms with Gasteiger partial charge in [0.1, 0.15) is 0 Å². The lowest BCUT2D eigenvalue weighted by Crippen LogP contribution is -2.50. The first-order valence-corrected chi connectivity index (χ1v) is 7.30. The first kappa shape index (κ1) is 14.1. The predicted molar refractivity (Wildman–Crippen MR) is 67.1 cm³/mol. The summed E-state index contributed by atoms with van der Waals surface area (Å²) >= 11 is 0. The number of hydrogen-bond donors (Lipinski definition) is 3. The van der Waals surface area contributed by atoms with E-state index in [0.29, 0.717) is 6.54 Å². The fraction of sp³-hybridized carbons (Fsp3) is 0.700. The summed E-state index contributed by atoms with van der Waals surface area (Å²) < 4.78 is 24.9. The van der Waals surface area contributed by atoms with Gasteiger partial charge in [0.15, 0.2) is 0 Å². The van der Waals surface area contributed by atoms with Gasteiger partial charge in [0.25, 0.3) is 0 Å². The molecule has 1 aromatic heterocycles. The number of nitrogens with zero attached hydrogens (tertiary/aromatic N) is 1. The summed E-state index contributed by atoms with van der Waals surface area (Å²) in [6, 6.07) is 1.98. The monoisotopic (exact) mass is 260 g/mol. The Labute approximate surface area is 102 Å². The zero-order valence-electron chi connectivity index (χ0n) is 10.6. The first-order valence-electron chi connectivity index (χ1n) is 5.41. The van der Waals surface area contributed by atoms with E-state index in [1.165, 1.54) is 0 Å². The van der Waals surface area contributed by atoms with Gasteiger partial charge in [-0.2, -0.15) is 5.10 Å². The largest absolute Gasteiger partial charge is 0.307 e. The third-order valence-corrected chi connectivity index (χ3v) is 3.22. The second-order valence-corrected chi connectivity index (χ2v) is 6.62. The average Bonchev–Trinajstić information content (AvgIpc) is 2.63. The van der Waals surface area contributed by atoms with Crippen molar-refractivity contribution in [3.63, 3.8) is 0 Å². The summed E-state index contributed by atoms with van der Waals surface area (Å²) in [7, 11) is -3.19. The maximum absolute atomic E-state index is 11.2. The van der Waals surface area contributed by atoms with Crippen LogP contribution in [0.5, 0.6) is 0 Å². The van der Waals surface area contributed by atoms with Crippen LogP contribution in [0.4, 0.5) is 0 Å². The number of hydrogen-bond acceptors (Lipinski definition) is 4. The third kappa shape index (κ3) is 5.29. The summed E-state index contributed by atoms with van der Waals surface area (Å²) in [6.45, 7) is 6.19. The molecule has 0 aliphatic carbocycles. The van der Waals surface area contributed by atoms with Crippen LogP contribution in [-0.2, 0) is 10.0 Å². The van der Waals surface area contributed by atoms with Crippen molar-refractivity contribution in [1.82, 2.24) is 20.2 Å². The quantitative estimate of drug-likeness (QED) is 0.690. The van der Waals surface area contributed by atoms with E-state index in [0.717, 1.165) is 11.9 Å². The van der Waals surface area contributed by atoms with Crippen LogP contribution in [0.25, 0.3) is 0 Å². The van der Waals surface area contributed by atoms with Crippen molar-refractivity contribution in [3.05, 3.63) is 18.0 Å². The second-order valence-electron chi connectivity index (χ2n) is 4.87. The third-order valence-electron chi connectivity index (χ3n) is 2.30. The molecule has 0 aromatic carbocycles. The van der Waals surface area contributed by atoms with Crippen molar-refractivity contribution in [2.24, 2.45) is 0 Å². The molecule has 17 heavy (non-hydrogen) atoms. The zero-order valence-corrected chi connectivity index (χ0v) is 11.4. The van der Waals surface area contributed by atoms with E-state index in [1.54, 1.807) is 6.20 Å². The van der Waals surface area contributed by atoms with Crippen LogP contribution in [-0.4, -0.2) is 37.0 Å². The minimum absolute atomic E-state index is 0.0955. The number of rotatable bonds is 6. The molecule has 0 spiro atoms. The fourth-order valence-electron chi connectivity index (χ4n) is 1.56. The molecular formula is C10H20N4O2S. The van der Waals surface area contributed by atoms with Crippen LogP contribution in [0, 0.1) is 0 Å². The summed E-state index contributed by atoms with van der Waals surface area (Å²) in [5, 5.41) is 9.99. The highest BCUT2D eigenvalue weighted by molar-refractivity contribution is 7.88. The molecule has 7 heteroatoms. The van der Waals surface area contributed by atoms with Gasteiger partial charge < -0.3 is 5.32 Å². The van der Waals surface area contributed by atoms with Gasteiger partial charge in [-0.3, -0.25) is 5.10 Å². The molecule has 0 radical (unpaired) electrons. The highest BCUT2D eigenvalue weighted by Crippen LogP contribution is 2.10. The Morgan fingerprint density at radius 2 is 2.18 bits per heavy atom. The SMILES string of the molecule is CC(NCC(C)(C)NS(C)(=O)=O)c1ccn[nH]1. The van der Waals surface area contributed by atoms with Crippen LogP contribution in [0.2, 0.25) is 0 Å². The lowest BCUT2D eigenvalue weighted by molar-refractivity contribution is 0.396. The highest BCUT2D eigenvalue weighted by atomic mass is 32.2. The highest BCUT2D eigenvalue weighted by Gasteiger charge is 2.22. The van der Waals surface area contributed by atoms with E-state index in [-0.39, 0.29) is 6.04 Å². The number of sulfonamides is 1. The molecule has 1 heterocycles. The van der Waals surface area contributed by atoms with Crippen LogP contribution in [0.15, 0.2) is 12.3 Å². The Kier molecular flexibility index (Phi) is 4.29. The Morgan fingerprint density at radius 3 is 2.65 bits per heavy atom. The molecule has 0 aliphatic rings. The molecule has 0 fully saturated rings. The molecular weight excluding hydrogens is 240 g/mol. The number of aromatic nitrogens is 2. The zero-order chi connectivity index (χ0) is 13.1. The molecule has 3 N–H and O–H groups in total. The molecule has 1 atom stereocenters. The molecule has 0 amide bonds. The normalized spacial score (nSPS) is 14.8. The van der Waals surface area contributed by atoms with Crippen molar-refractivity contribution in [2.75, 3.05) is 12.8 Å². The lowest BCUT2D eigenvalue weighted by atomic mass is 10.1. The fourth-order valence-corrected chi connectivity index (χ4v) is 2.64. The molecule has 1 aromatic rings. The van der Waals surface area contributed by atoms with E-state index >= 15 is 0 Å². The predicted octanol–water partition coefficient (Wildman–Crippen LogP) is 0.388. The van der Waals surface area contributed by atoms with Gasteiger partial charge >= 0.3 is 0 Å². The second kappa shape index (κ2) is 5.16. The molecule has 98 valence electrons. The summed E-state index contributed by atoms with van der Waals surface area (Å²) in [6.07, 6.45) is 2.85. The van der Waals surface area contributed by atoms with E-state index in [9.17, 15) is 8.42 Å². The molecule has 0 aliphatic heterocycles. The summed E-state index contributed by atoms with van der Waals surface area (Å²) in [5.41, 5.74) is 0.446. The van der Waals surface area contributed by atoms with Crippen molar-refractivity contribution >= 4 is 10.0 Å². The van der Waals surface area contributed by atoms with E-state index in [4.69, 9.17) is 0 Å². The van der Waals surface area contributed by atoms with E-state index in [2.05, 4.69) is 20.2 Å². The smallest absolute Gasteiger partial charge is 0.209 e. The molecule has 6 nitrogen and oxygen atoms in total. The number of nitrogens with one attached hydrogen (secondary N) is 3. The minimum Gasteiger partial charge on any atom is -0.307 e. The van der Waals surface area contributed by atoms with Crippen LogP contribution in [0.3, 0.4) is 0 Å². The van der Waals surface area contributed by atoms with Gasteiger partial charge in [-0.05, 0) is 26.8 Å². The van der Waals surface area contributed by atoms with E-state index in [1.807, 2.05) is 26.8 Å². The molecule has 1 unspecified atom stereocenters. The lowest BCUT2D eigenvalue weighted by Gasteiger charge is -2.27. The van der Waals surface area contributed by atoms with Crippen LogP contribution >= 0.6 is 0 Å². The molecule has 1 rings (SSSR count). The van der Waals surface area contributed by atoms with Crippen molar-refractivity contribution in [3.8, 4) is 0 Å². The van der Waals surface area contributed by atoms with Crippen molar-refractivity contribution < 1.29 is 8.42 Å². The van der Waals surface area contributed by atoms with Crippen LogP contribution < -0.4 is 10.0 Å². The maximum atomic E-state index is 11.2. The van der Waals surface area contributed by atoms with Crippen molar-refractivity contribution in [1.29, 1.82) is 0 Å². The molecule has 0 bridgehead atoms. The summed E-state index contributed by atoms with van der Waals surface area (Å²) in [5.74, 6) is 0. The number of H-pyrrole nitrogens is 1. The van der Waals surface area contributed by atoms with Crippen molar-refractivity contribution in [2.45, 2.75) is 32.4 Å². The molecule has 0 saturated heterocycles. The van der Waals surface area contributed by atoms with Gasteiger partial charge in [0.05, 0.1) is 11.9 Å². The van der Waals surface area contributed by atoms with Gasteiger partial charge in [-0.15, -0.1) is 0 Å². The minimum atomic E-state index is -3.19. The maximum Gasteiger partial charge on any atom is 0.209 e. The Bertz CT molecular complexity index is 439. The van der Waals surface area contributed by atoms with Gasteiger partial charge in [0, 0.05) is 24.3 Å². The Morgan fingerprint density at radius 1 is 1.53 bits per heavy atom. The number of aromatic amines is 1. The van der Waals surface area contributed by atoms with Gasteiger partial charge in [-0.25, -0.2) is 13.1 Å².